The van der Waals surface area contributed by atoms with Crippen LogP contribution in [0.15, 0.2) is 42.1 Å². The molecule has 6 nitrogen and oxygen atoms in total. The highest BCUT2D eigenvalue weighted by atomic mass is 17.0. The number of hydrogen-bond acceptors (Lipinski definition) is 6. The molecule has 1 aromatic carbocycles. The molecular weight excluding hydrogens is 232 g/mol. The zero-order chi connectivity index (χ0) is 13.8. The summed E-state index contributed by atoms with van der Waals surface area (Å²) in [5, 5.41) is 12.0. The summed E-state index contributed by atoms with van der Waals surface area (Å²) in [4.78, 5) is 0. The lowest BCUT2D eigenvalue weighted by Crippen LogP contribution is -2.54. The molecule has 0 saturated carbocycles. The summed E-state index contributed by atoms with van der Waals surface area (Å²) in [6.45, 7) is 0. The van der Waals surface area contributed by atoms with E-state index >= 15 is 0 Å². The van der Waals surface area contributed by atoms with Crippen LogP contribution in [0, 0.1) is 0 Å². The minimum Gasteiger partial charge on any atom is -0.399 e. The molecule has 0 unspecified atom stereocenters. The number of allylic oxidation sites excluding steroid dienone is 2. The van der Waals surface area contributed by atoms with Gasteiger partial charge in [-0.3, -0.25) is 10.5 Å². The first-order chi connectivity index (χ1) is 8.49. The van der Waals surface area contributed by atoms with Crippen LogP contribution in [0.4, 0.5) is 5.69 Å². The zero-order valence-corrected chi connectivity index (χ0v) is 9.88. The summed E-state index contributed by atoms with van der Waals surface area (Å²) < 4.78 is 0. The Hall–Kier alpha value is -1.86. The quantitative estimate of drug-likeness (QED) is 0.185. The van der Waals surface area contributed by atoms with Crippen LogP contribution in [0.3, 0.4) is 0 Å². The van der Waals surface area contributed by atoms with Crippen molar-refractivity contribution in [3.63, 3.8) is 0 Å². The van der Waals surface area contributed by atoms with Gasteiger partial charge in [-0.05, 0) is 29.3 Å². The molecule has 0 atom stereocenters. The van der Waals surface area contributed by atoms with E-state index in [2.05, 4.69) is 0 Å². The Kier molecular flexibility index (Phi) is 4.46. The van der Waals surface area contributed by atoms with E-state index < -0.39 is 5.66 Å². The van der Waals surface area contributed by atoms with Crippen LogP contribution in [-0.2, 0) is 0 Å². The maximum absolute atomic E-state index is 6.00. The van der Waals surface area contributed by atoms with E-state index in [0.29, 0.717) is 12.1 Å². The van der Waals surface area contributed by atoms with Gasteiger partial charge in [-0.2, -0.15) is 0 Å². The smallest absolute Gasteiger partial charge is 0.109 e. The molecule has 0 fully saturated rings. The van der Waals surface area contributed by atoms with Crippen molar-refractivity contribution < 1.29 is 10.5 Å². The second-order valence-electron chi connectivity index (χ2n) is 4.15. The molecule has 0 bridgehead atoms. The number of rotatable bonds is 1. The number of nitrogen functional groups attached to an aromatic ring is 1. The minimum atomic E-state index is -0.953. The van der Waals surface area contributed by atoms with Gasteiger partial charge in [-0.25, -0.2) is 0 Å². The molecule has 1 aromatic rings. The predicted molar refractivity (Wildman–Crippen MR) is 72.1 cm³/mol. The van der Waals surface area contributed by atoms with Gasteiger partial charge in [0.1, 0.15) is 5.66 Å². The van der Waals surface area contributed by atoms with Crippen molar-refractivity contribution in [2.24, 2.45) is 17.2 Å². The van der Waals surface area contributed by atoms with Crippen molar-refractivity contribution in [1.82, 2.24) is 0 Å². The molecule has 2 rings (SSSR count). The fourth-order valence-corrected chi connectivity index (χ4v) is 1.72. The normalized spacial score (nSPS) is 17.1. The fraction of sp³-hybridized carbons (Fsp3) is 0.167. The van der Waals surface area contributed by atoms with E-state index in [1.54, 1.807) is 6.08 Å². The lowest BCUT2D eigenvalue weighted by molar-refractivity contribution is -0.176. The molecule has 0 amide bonds. The molecule has 0 heterocycles. The molecule has 10 N–H and O–H groups in total. The third kappa shape index (κ3) is 3.08. The molecule has 1 aliphatic carbocycles. The highest BCUT2D eigenvalue weighted by Gasteiger charge is 2.26. The van der Waals surface area contributed by atoms with E-state index in [0.717, 1.165) is 16.8 Å². The van der Waals surface area contributed by atoms with Crippen LogP contribution in [0.1, 0.15) is 12.0 Å². The SMILES string of the molecule is NC1=CC=C(c2ccc(N)cc2)CC1(N)N.OO. The lowest BCUT2D eigenvalue weighted by Gasteiger charge is -2.29. The second-order valence-corrected chi connectivity index (χ2v) is 4.15. The zero-order valence-electron chi connectivity index (χ0n) is 9.88. The van der Waals surface area contributed by atoms with Crippen molar-refractivity contribution in [3.05, 3.63) is 47.7 Å². The van der Waals surface area contributed by atoms with Crippen molar-refractivity contribution in [2.75, 3.05) is 5.73 Å². The van der Waals surface area contributed by atoms with E-state index in [1.807, 2.05) is 30.3 Å². The molecule has 6 heteroatoms. The van der Waals surface area contributed by atoms with Gasteiger partial charge in [0.2, 0.25) is 0 Å². The second kappa shape index (κ2) is 5.65. The van der Waals surface area contributed by atoms with Gasteiger partial charge in [0.25, 0.3) is 0 Å². The van der Waals surface area contributed by atoms with E-state index in [1.165, 1.54) is 0 Å². The maximum atomic E-state index is 6.00. The molecule has 0 saturated heterocycles. The van der Waals surface area contributed by atoms with Crippen molar-refractivity contribution >= 4 is 11.3 Å². The maximum Gasteiger partial charge on any atom is 0.109 e. The van der Waals surface area contributed by atoms with Gasteiger partial charge in [0.15, 0.2) is 0 Å². The minimum absolute atomic E-state index is 0.506. The Bertz CT molecular complexity index is 463. The molecule has 0 aliphatic heterocycles. The van der Waals surface area contributed by atoms with Crippen molar-refractivity contribution in [1.29, 1.82) is 0 Å². The summed E-state index contributed by atoms with van der Waals surface area (Å²) in [5.74, 6) is 0. The molecule has 1 aliphatic rings. The number of nitrogens with two attached hydrogens (primary N) is 4. The number of hydrogen-bond donors (Lipinski definition) is 6. The first-order valence-corrected chi connectivity index (χ1v) is 5.29. The van der Waals surface area contributed by atoms with Gasteiger partial charge in [-0.1, -0.05) is 18.2 Å². The summed E-state index contributed by atoms with van der Waals surface area (Å²) in [5.41, 5.74) is 25.6. The molecule has 0 aromatic heterocycles. The first kappa shape index (κ1) is 14.2. The Morgan fingerprint density at radius 3 is 2.00 bits per heavy atom. The predicted octanol–water partition coefficient (Wildman–Crippen LogP) is 0.530. The third-order valence-electron chi connectivity index (χ3n) is 2.77. The van der Waals surface area contributed by atoms with Gasteiger partial charge in [0, 0.05) is 17.8 Å². The van der Waals surface area contributed by atoms with Crippen molar-refractivity contribution in [3.8, 4) is 0 Å². The van der Waals surface area contributed by atoms with Crippen LogP contribution < -0.4 is 22.9 Å². The Morgan fingerprint density at radius 2 is 1.50 bits per heavy atom. The molecular formula is C12H18N4O2. The fourth-order valence-electron chi connectivity index (χ4n) is 1.72. The van der Waals surface area contributed by atoms with Crippen LogP contribution in [-0.4, -0.2) is 16.2 Å². The Labute approximate surface area is 105 Å². The average Bonchev–Trinajstić information content (AvgIpc) is 2.36. The first-order valence-electron chi connectivity index (χ1n) is 5.29. The topological polar surface area (TPSA) is 145 Å². The van der Waals surface area contributed by atoms with Crippen LogP contribution >= 0.6 is 0 Å². The van der Waals surface area contributed by atoms with Crippen LogP contribution in [0.2, 0.25) is 0 Å². The van der Waals surface area contributed by atoms with E-state index in [-0.39, 0.29) is 0 Å². The standard InChI is InChI=1S/C12H16N4.H2O2/c13-10-4-1-8(2-5-10)9-3-6-11(14)12(15,16)7-9;1-2/h1-6H,7,13-16H2;1-2H. The lowest BCUT2D eigenvalue weighted by atomic mass is 9.89. The highest BCUT2D eigenvalue weighted by molar-refractivity contribution is 5.71. The van der Waals surface area contributed by atoms with Gasteiger partial charge < -0.3 is 22.9 Å². The van der Waals surface area contributed by atoms with Crippen LogP contribution in [0.25, 0.3) is 5.57 Å². The van der Waals surface area contributed by atoms with Gasteiger partial charge >= 0.3 is 0 Å². The highest BCUT2D eigenvalue weighted by Crippen LogP contribution is 2.28. The summed E-state index contributed by atoms with van der Waals surface area (Å²) in [7, 11) is 0. The number of anilines is 1. The van der Waals surface area contributed by atoms with Gasteiger partial charge in [0.05, 0.1) is 0 Å². The average molecular weight is 250 g/mol. The molecule has 18 heavy (non-hydrogen) atoms. The Balaban J connectivity index is 0.000000771. The summed E-state index contributed by atoms with van der Waals surface area (Å²) in [6, 6.07) is 7.61. The number of benzene rings is 1. The van der Waals surface area contributed by atoms with Crippen molar-refractivity contribution in [2.45, 2.75) is 12.1 Å². The monoisotopic (exact) mass is 250 g/mol. The van der Waals surface area contributed by atoms with Crippen LogP contribution in [0.5, 0.6) is 0 Å². The van der Waals surface area contributed by atoms with Gasteiger partial charge in [-0.15, -0.1) is 0 Å². The molecule has 0 radical (unpaired) electrons. The third-order valence-corrected chi connectivity index (χ3v) is 2.77. The molecule has 0 spiro atoms. The summed E-state index contributed by atoms with van der Waals surface area (Å²) >= 11 is 0. The van der Waals surface area contributed by atoms with E-state index in [4.69, 9.17) is 33.4 Å². The Morgan fingerprint density at radius 1 is 0.944 bits per heavy atom. The summed E-state index contributed by atoms with van der Waals surface area (Å²) in [6.07, 6.45) is 4.23. The van der Waals surface area contributed by atoms with E-state index in [9.17, 15) is 0 Å². The molecule has 98 valence electrons. The largest absolute Gasteiger partial charge is 0.399 e.